The third-order valence-electron chi connectivity index (χ3n) is 3.74. The van der Waals surface area contributed by atoms with Crippen molar-refractivity contribution in [2.75, 3.05) is 6.54 Å². The second-order valence-corrected chi connectivity index (χ2v) is 5.95. The number of hydrogen-bond donors (Lipinski definition) is 4. The fraction of sp³-hybridized carbons (Fsp3) is 0.167. The minimum Gasteiger partial charge on any atom is -0.387 e. The van der Waals surface area contributed by atoms with Crippen LogP contribution in [0.4, 0.5) is 4.79 Å². The fourth-order valence-electron chi connectivity index (χ4n) is 2.46. The maximum atomic E-state index is 11.9. The molecule has 0 spiro atoms. The van der Waals surface area contributed by atoms with Crippen LogP contribution in [0.2, 0.25) is 5.02 Å². The number of rotatable bonds is 5. The van der Waals surface area contributed by atoms with E-state index in [9.17, 15) is 9.90 Å². The molecular formula is C18H18ClN3O2. The van der Waals surface area contributed by atoms with Gasteiger partial charge in [0.15, 0.2) is 0 Å². The Hall–Kier alpha value is -2.50. The molecule has 124 valence electrons. The first kappa shape index (κ1) is 16.4. The zero-order valence-corrected chi connectivity index (χ0v) is 13.7. The second kappa shape index (κ2) is 7.38. The first-order chi connectivity index (χ1) is 11.6. The van der Waals surface area contributed by atoms with E-state index in [1.54, 1.807) is 24.3 Å². The first-order valence-electron chi connectivity index (χ1n) is 7.63. The van der Waals surface area contributed by atoms with Crippen LogP contribution in [-0.4, -0.2) is 22.7 Å². The van der Waals surface area contributed by atoms with Crippen LogP contribution >= 0.6 is 11.6 Å². The summed E-state index contributed by atoms with van der Waals surface area (Å²) >= 11 is 5.81. The molecule has 0 aliphatic rings. The third kappa shape index (κ3) is 4.07. The van der Waals surface area contributed by atoms with E-state index in [0.717, 1.165) is 16.6 Å². The Morgan fingerprint density at radius 1 is 1.12 bits per heavy atom. The number of urea groups is 1. The van der Waals surface area contributed by atoms with Gasteiger partial charge in [-0.05, 0) is 35.2 Å². The molecule has 0 fully saturated rings. The molecule has 0 saturated carbocycles. The number of aliphatic hydroxyl groups excluding tert-OH is 1. The Balaban J connectivity index is 1.47. The van der Waals surface area contributed by atoms with Gasteiger partial charge in [-0.25, -0.2) is 4.79 Å². The van der Waals surface area contributed by atoms with Gasteiger partial charge in [0.1, 0.15) is 0 Å². The van der Waals surface area contributed by atoms with Crippen LogP contribution in [0.25, 0.3) is 10.9 Å². The van der Waals surface area contributed by atoms with Crippen molar-refractivity contribution in [3.05, 3.63) is 70.9 Å². The second-order valence-electron chi connectivity index (χ2n) is 5.51. The number of fused-ring (bicyclic) bond motifs is 1. The molecule has 0 radical (unpaired) electrons. The van der Waals surface area contributed by atoms with Crippen molar-refractivity contribution in [2.45, 2.75) is 12.6 Å². The number of nitrogens with one attached hydrogen (secondary N) is 3. The van der Waals surface area contributed by atoms with Crippen molar-refractivity contribution in [2.24, 2.45) is 0 Å². The average molecular weight is 344 g/mol. The first-order valence-corrected chi connectivity index (χ1v) is 8.01. The number of aliphatic hydroxyl groups is 1. The van der Waals surface area contributed by atoms with Crippen LogP contribution in [0.1, 0.15) is 17.4 Å². The third-order valence-corrected chi connectivity index (χ3v) is 3.99. The monoisotopic (exact) mass is 343 g/mol. The maximum absolute atomic E-state index is 11.9. The van der Waals surface area contributed by atoms with Crippen molar-refractivity contribution >= 4 is 28.5 Å². The van der Waals surface area contributed by atoms with Crippen molar-refractivity contribution in [1.82, 2.24) is 15.6 Å². The molecule has 0 aliphatic heterocycles. The average Bonchev–Trinajstić information content (AvgIpc) is 3.01. The van der Waals surface area contributed by atoms with Gasteiger partial charge in [0.05, 0.1) is 12.6 Å². The van der Waals surface area contributed by atoms with Crippen molar-refractivity contribution in [3.63, 3.8) is 0 Å². The highest BCUT2D eigenvalue weighted by Crippen LogP contribution is 2.16. The standard InChI is InChI=1S/C18H18ClN3O2/c19-14-7-5-12(6-8-14)17(23)11-21-18(24)20-10-15-9-13-3-1-2-4-16(13)22-15/h1-9,17,22-23H,10-11H2,(H2,20,21,24). The Bertz CT molecular complexity index is 797. The van der Waals surface area contributed by atoms with E-state index in [1.807, 2.05) is 30.3 Å². The quantitative estimate of drug-likeness (QED) is 0.573. The molecule has 1 atom stereocenters. The Kier molecular flexibility index (Phi) is 5.03. The van der Waals surface area contributed by atoms with Crippen LogP contribution in [0.3, 0.4) is 0 Å². The SMILES string of the molecule is O=C(NCc1cc2ccccc2[nH]1)NCC(O)c1ccc(Cl)cc1. The summed E-state index contributed by atoms with van der Waals surface area (Å²) in [6, 6.07) is 16.5. The molecule has 0 saturated heterocycles. The van der Waals surface area contributed by atoms with Gasteiger partial charge in [0.2, 0.25) is 0 Å². The molecule has 24 heavy (non-hydrogen) atoms. The summed E-state index contributed by atoms with van der Waals surface area (Å²) in [6.07, 6.45) is -0.777. The van der Waals surface area contributed by atoms with E-state index in [2.05, 4.69) is 15.6 Å². The number of para-hydroxylation sites is 1. The highest BCUT2D eigenvalue weighted by Gasteiger charge is 2.09. The van der Waals surface area contributed by atoms with Crippen LogP contribution in [0.15, 0.2) is 54.6 Å². The van der Waals surface area contributed by atoms with E-state index in [1.165, 1.54) is 0 Å². The number of H-pyrrole nitrogens is 1. The topological polar surface area (TPSA) is 77.2 Å². The van der Waals surface area contributed by atoms with E-state index in [0.29, 0.717) is 17.1 Å². The number of halogens is 1. The lowest BCUT2D eigenvalue weighted by Gasteiger charge is -2.13. The van der Waals surface area contributed by atoms with Gasteiger partial charge >= 0.3 is 6.03 Å². The summed E-state index contributed by atoms with van der Waals surface area (Å²) in [6.45, 7) is 0.512. The van der Waals surface area contributed by atoms with Gasteiger partial charge in [-0.2, -0.15) is 0 Å². The van der Waals surface area contributed by atoms with Gasteiger partial charge < -0.3 is 20.7 Å². The lowest BCUT2D eigenvalue weighted by atomic mass is 10.1. The molecule has 0 aliphatic carbocycles. The molecule has 3 rings (SSSR count). The molecule has 5 nitrogen and oxygen atoms in total. The fourth-order valence-corrected chi connectivity index (χ4v) is 2.58. The van der Waals surface area contributed by atoms with Gasteiger partial charge in [-0.15, -0.1) is 0 Å². The summed E-state index contributed by atoms with van der Waals surface area (Å²) in [5.74, 6) is 0. The molecule has 2 aromatic carbocycles. The maximum Gasteiger partial charge on any atom is 0.315 e. The van der Waals surface area contributed by atoms with Crippen molar-refractivity contribution in [3.8, 4) is 0 Å². The van der Waals surface area contributed by atoms with Crippen LogP contribution in [-0.2, 0) is 6.54 Å². The lowest BCUT2D eigenvalue weighted by Crippen LogP contribution is -2.37. The minimum absolute atomic E-state index is 0.125. The summed E-state index contributed by atoms with van der Waals surface area (Å²) in [4.78, 5) is 15.1. The number of benzene rings is 2. The van der Waals surface area contributed by atoms with Crippen LogP contribution < -0.4 is 10.6 Å². The molecule has 4 N–H and O–H groups in total. The Morgan fingerprint density at radius 3 is 2.62 bits per heavy atom. The highest BCUT2D eigenvalue weighted by atomic mass is 35.5. The summed E-state index contributed by atoms with van der Waals surface area (Å²) in [5.41, 5.74) is 2.66. The predicted octanol–water partition coefficient (Wildman–Crippen LogP) is 3.35. The van der Waals surface area contributed by atoms with E-state index < -0.39 is 6.10 Å². The Labute approximate surface area is 144 Å². The summed E-state index contributed by atoms with van der Waals surface area (Å²) in [5, 5.41) is 17.2. The number of carbonyl (C=O) groups is 1. The zero-order chi connectivity index (χ0) is 16.9. The van der Waals surface area contributed by atoms with Gasteiger partial charge in [0.25, 0.3) is 0 Å². The molecule has 1 aromatic heterocycles. The van der Waals surface area contributed by atoms with Gasteiger partial charge in [-0.1, -0.05) is 41.9 Å². The van der Waals surface area contributed by atoms with E-state index >= 15 is 0 Å². The molecule has 6 heteroatoms. The highest BCUT2D eigenvalue weighted by molar-refractivity contribution is 6.30. The number of hydrogen-bond acceptors (Lipinski definition) is 2. The number of aromatic amines is 1. The largest absolute Gasteiger partial charge is 0.387 e. The lowest BCUT2D eigenvalue weighted by molar-refractivity contribution is 0.173. The van der Waals surface area contributed by atoms with Crippen LogP contribution in [0, 0.1) is 0 Å². The number of aromatic nitrogens is 1. The smallest absolute Gasteiger partial charge is 0.315 e. The van der Waals surface area contributed by atoms with Gasteiger partial charge in [-0.3, -0.25) is 0 Å². The molecule has 1 unspecified atom stereocenters. The normalized spacial score (nSPS) is 12.1. The van der Waals surface area contributed by atoms with Gasteiger partial charge in [0, 0.05) is 22.8 Å². The van der Waals surface area contributed by atoms with Crippen molar-refractivity contribution in [1.29, 1.82) is 0 Å². The molecule has 0 bridgehead atoms. The summed E-state index contributed by atoms with van der Waals surface area (Å²) in [7, 11) is 0. The molecule has 2 amide bonds. The van der Waals surface area contributed by atoms with E-state index in [4.69, 9.17) is 11.6 Å². The van der Waals surface area contributed by atoms with Crippen molar-refractivity contribution < 1.29 is 9.90 Å². The van der Waals surface area contributed by atoms with Crippen LogP contribution in [0.5, 0.6) is 0 Å². The molecule has 3 aromatic rings. The summed E-state index contributed by atoms with van der Waals surface area (Å²) < 4.78 is 0. The predicted molar refractivity (Wildman–Crippen MR) is 94.9 cm³/mol. The number of carbonyl (C=O) groups excluding carboxylic acids is 1. The number of amides is 2. The zero-order valence-electron chi connectivity index (χ0n) is 12.9. The molecular weight excluding hydrogens is 326 g/mol. The minimum atomic E-state index is -0.777. The molecule has 1 heterocycles. The van der Waals surface area contributed by atoms with E-state index in [-0.39, 0.29) is 12.6 Å². The Morgan fingerprint density at radius 2 is 1.88 bits per heavy atom.